The summed E-state index contributed by atoms with van der Waals surface area (Å²) in [5.41, 5.74) is 0.0847. The van der Waals surface area contributed by atoms with Gasteiger partial charge < -0.3 is 5.32 Å². The molecule has 1 saturated carbocycles. The van der Waals surface area contributed by atoms with Crippen molar-refractivity contribution in [3.8, 4) is 0 Å². The Morgan fingerprint density at radius 3 is 2.58 bits per heavy atom. The van der Waals surface area contributed by atoms with Crippen molar-refractivity contribution < 1.29 is 13.6 Å². The van der Waals surface area contributed by atoms with Gasteiger partial charge in [-0.05, 0) is 6.42 Å². The van der Waals surface area contributed by atoms with Gasteiger partial charge in [-0.25, -0.2) is 0 Å². The first kappa shape index (κ1) is 8.16. The Hall–Kier alpha value is -0.450. The lowest BCUT2D eigenvalue weighted by Gasteiger charge is -2.12. The Kier molecular flexibility index (Phi) is 1.71. The smallest absolute Gasteiger partial charge is 0.271 e. The number of carbonyl (C=O) groups excluding carboxylic acids is 1. The second-order valence-electron chi connectivity index (χ2n) is 3.03. The molecule has 12 heavy (non-hydrogen) atoms. The van der Waals surface area contributed by atoms with Gasteiger partial charge in [0.2, 0.25) is 5.91 Å². The van der Waals surface area contributed by atoms with Crippen LogP contribution in [0.1, 0.15) is 6.42 Å². The molecule has 0 spiro atoms. The molecule has 2 bridgehead atoms. The third-order valence-electron chi connectivity index (χ3n) is 2.40. The highest BCUT2D eigenvalue weighted by atomic mass is 79.9. The standard InChI is InChI=1S/C7H6BrF2NO/c8-4-2-1-3(6(9)10)5(4)11-7(2)12/h2,4-5H,1H2,(H,11,12)/t2-,4+,5+/m0/s1. The molecule has 2 nitrogen and oxygen atoms in total. The lowest BCUT2D eigenvalue weighted by atomic mass is 10.1. The third kappa shape index (κ3) is 0.920. The van der Waals surface area contributed by atoms with E-state index in [4.69, 9.17) is 0 Å². The maximum absolute atomic E-state index is 12.2. The number of halogens is 3. The molecule has 5 heteroatoms. The molecule has 1 aliphatic heterocycles. The highest BCUT2D eigenvalue weighted by Gasteiger charge is 2.50. The Morgan fingerprint density at radius 2 is 2.25 bits per heavy atom. The van der Waals surface area contributed by atoms with E-state index in [-0.39, 0.29) is 28.6 Å². The molecule has 2 aliphatic rings. The molecular weight excluding hydrogens is 232 g/mol. The molecule has 1 saturated heterocycles. The van der Waals surface area contributed by atoms with Crippen LogP contribution in [0.3, 0.4) is 0 Å². The van der Waals surface area contributed by atoms with E-state index >= 15 is 0 Å². The van der Waals surface area contributed by atoms with E-state index in [0.29, 0.717) is 0 Å². The maximum Gasteiger partial charge on any atom is 0.271 e. The summed E-state index contributed by atoms with van der Waals surface area (Å²) < 4.78 is 24.4. The van der Waals surface area contributed by atoms with Crippen molar-refractivity contribution in [2.24, 2.45) is 5.92 Å². The Bertz CT molecular complexity index is 275. The van der Waals surface area contributed by atoms with E-state index in [9.17, 15) is 13.6 Å². The van der Waals surface area contributed by atoms with Gasteiger partial charge in [0, 0.05) is 5.57 Å². The van der Waals surface area contributed by atoms with E-state index < -0.39 is 12.1 Å². The van der Waals surface area contributed by atoms with Crippen molar-refractivity contribution in [2.75, 3.05) is 0 Å². The summed E-state index contributed by atoms with van der Waals surface area (Å²) in [6.45, 7) is 0. The van der Waals surface area contributed by atoms with Gasteiger partial charge in [0.15, 0.2) is 0 Å². The quantitative estimate of drug-likeness (QED) is 0.635. The van der Waals surface area contributed by atoms with Gasteiger partial charge in [0.05, 0.1) is 16.8 Å². The molecule has 1 amide bonds. The van der Waals surface area contributed by atoms with Crippen LogP contribution in [0.4, 0.5) is 8.78 Å². The third-order valence-corrected chi connectivity index (χ3v) is 3.56. The minimum atomic E-state index is -1.65. The number of nitrogens with one attached hydrogen (secondary N) is 1. The van der Waals surface area contributed by atoms with Gasteiger partial charge in [0.25, 0.3) is 6.08 Å². The first-order valence-corrected chi connectivity index (χ1v) is 4.51. The van der Waals surface area contributed by atoms with Crippen molar-refractivity contribution in [3.63, 3.8) is 0 Å². The molecule has 1 N–H and O–H groups in total. The van der Waals surface area contributed by atoms with Crippen LogP contribution < -0.4 is 5.32 Å². The number of carbonyl (C=O) groups is 1. The van der Waals surface area contributed by atoms with Gasteiger partial charge in [-0.2, -0.15) is 8.78 Å². The molecule has 3 atom stereocenters. The molecular formula is C7H6BrF2NO. The summed E-state index contributed by atoms with van der Waals surface area (Å²) in [7, 11) is 0. The average Bonchev–Trinajstić information content (AvgIpc) is 2.42. The number of hydrogen-bond donors (Lipinski definition) is 1. The van der Waals surface area contributed by atoms with E-state index in [0.717, 1.165) is 0 Å². The monoisotopic (exact) mass is 237 g/mol. The lowest BCUT2D eigenvalue weighted by molar-refractivity contribution is -0.123. The number of hydrogen-bond acceptors (Lipinski definition) is 1. The van der Waals surface area contributed by atoms with Crippen molar-refractivity contribution >= 4 is 21.8 Å². The van der Waals surface area contributed by atoms with Crippen LogP contribution in [0.25, 0.3) is 0 Å². The summed E-state index contributed by atoms with van der Waals surface area (Å²) in [5, 5.41) is 2.51. The SMILES string of the molecule is O=C1N[C@@H]2C(=C(F)F)C[C@H]1[C@H]2Br. The molecule has 66 valence electrons. The molecule has 0 aromatic heterocycles. The molecule has 1 aliphatic carbocycles. The number of alkyl halides is 1. The first-order chi connectivity index (χ1) is 5.61. The Morgan fingerprint density at radius 1 is 1.58 bits per heavy atom. The zero-order chi connectivity index (χ0) is 8.88. The Labute approximate surface area is 76.1 Å². The second kappa shape index (κ2) is 2.52. The highest BCUT2D eigenvalue weighted by Crippen LogP contribution is 2.42. The van der Waals surface area contributed by atoms with Gasteiger partial charge in [-0.15, -0.1) is 0 Å². The fraction of sp³-hybridized carbons (Fsp3) is 0.571. The number of rotatable bonds is 0. The van der Waals surface area contributed by atoms with Crippen LogP contribution >= 0.6 is 15.9 Å². The van der Waals surface area contributed by atoms with Crippen LogP contribution in [0.15, 0.2) is 11.7 Å². The predicted octanol–water partition coefficient (Wildman–Crippen LogP) is 1.42. The van der Waals surface area contributed by atoms with Gasteiger partial charge >= 0.3 is 0 Å². The van der Waals surface area contributed by atoms with E-state index in [1.807, 2.05) is 0 Å². The minimum Gasteiger partial charge on any atom is -0.348 e. The van der Waals surface area contributed by atoms with Crippen LogP contribution in [-0.4, -0.2) is 16.8 Å². The van der Waals surface area contributed by atoms with Gasteiger partial charge in [-0.1, -0.05) is 15.9 Å². The molecule has 0 aromatic carbocycles. The summed E-state index contributed by atoms with van der Waals surface area (Å²) >= 11 is 3.23. The van der Waals surface area contributed by atoms with Crippen molar-refractivity contribution in [2.45, 2.75) is 17.3 Å². The summed E-state index contributed by atoms with van der Waals surface area (Å²) in [5.74, 6) is -0.418. The molecule has 0 radical (unpaired) electrons. The van der Waals surface area contributed by atoms with Crippen molar-refractivity contribution in [1.82, 2.24) is 5.32 Å². The molecule has 2 rings (SSSR count). The van der Waals surface area contributed by atoms with Crippen LogP contribution in [0, 0.1) is 5.92 Å². The van der Waals surface area contributed by atoms with Crippen molar-refractivity contribution in [1.29, 1.82) is 0 Å². The number of fused-ring (bicyclic) bond motifs is 2. The maximum atomic E-state index is 12.2. The minimum absolute atomic E-state index is 0.0847. The fourth-order valence-corrected chi connectivity index (χ4v) is 2.64. The number of piperidine rings is 1. The Balaban J connectivity index is 2.34. The molecule has 0 unspecified atom stereocenters. The molecule has 1 heterocycles. The zero-order valence-electron chi connectivity index (χ0n) is 5.98. The molecule has 0 aromatic rings. The number of amides is 1. The first-order valence-electron chi connectivity index (χ1n) is 3.59. The van der Waals surface area contributed by atoms with Gasteiger partial charge in [0.1, 0.15) is 0 Å². The predicted molar refractivity (Wildman–Crippen MR) is 42.0 cm³/mol. The van der Waals surface area contributed by atoms with Crippen LogP contribution in [0.5, 0.6) is 0 Å². The lowest BCUT2D eigenvalue weighted by Crippen LogP contribution is -2.33. The zero-order valence-corrected chi connectivity index (χ0v) is 7.57. The van der Waals surface area contributed by atoms with E-state index in [1.54, 1.807) is 0 Å². The average molecular weight is 238 g/mol. The fourth-order valence-electron chi connectivity index (χ4n) is 1.76. The van der Waals surface area contributed by atoms with Crippen molar-refractivity contribution in [3.05, 3.63) is 11.7 Å². The second-order valence-corrected chi connectivity index (χ2v) is 4.08. The largest absolute Gasteiger partial charge is 0.348 e. The van der Waals surface area contributed by atoms with Gasteiger partial charge in [-0.3, -0.25) is 4.79 Å². The summed E-state index contributed by atoms with van der Waals surface area (Å²) in [6.07, 6.45) is -1.44. The van der Waals surface area contributed by atoms with E-state index in [2.05, 4.69) is 21.2 Å². The summed E-state index contributed by atoms with van der Waals surface area (Å²) in [6, 6.07) is -0.479. The van der Waals surface area contributed by atoms with Crippen LogP contribution in [0.2, 0.25) is 0 Å². The van der Waals surface area contributed by atoms with E-state index in [1.165, 1.54) is 0 Å². The van der Waals surface area contributed by atoms with Crippen LogP contribution in [-0.2, 0) is 4.79 Å². The normalized spacial score (nSPS) is 38.8. The summed E-state index contributed by atoms with van der Waals surface area (Å²) in [4.78, 5) is 10.9. The topological polar surface area (TPSA) is 29.1 Å². The molecule has 2 fully saturated rings. The highest BCUT2D eigenvalue weighted by molar-refractivity contribution is 9.09.